The van der Waals surface area contributed by atoms with Crippen LogP contribution in [0.1, 0.15) is 39.6 Å². The van der Waals surface area contributed by atoms with Gasteiger partial charge in [0.05, 0.1) is 18.7 Å². The van der Waals surface area contributed by atoms with Gasteiger partial charge in [0.1, 0.15) is 0 Å². The van der Waals surface area contributed by atoms with E-state index in [1.165, 1.54) is 0 Å². The molecule has 0 aliphatic carbocycles. The van der Waals surface area contributed by atoms with E-state index in [0.717, 1.165) is 12.0 Å². The zero-order valence-corrected chi connectivity index (χ0v) is 18.5. The van der Waals surface area contributed by atoms with Crippen molar-refractivity contribution in [1.82, 2.24) is 5.32 Å². The standard InChI is InChI=1S/C26H27N3O4/c1-2-15-33-26(32)20-11-13-22(14-12-20)29-24(30)18-27-23-10-6-9-21(16-23)25(31)28-17-19-7-4-3-5-8-19/h3-14,16,27H,2,15,17-18H2,1H3,(H,28,31)(H,29,30). The van der Waals surface area contributed by atoms with Crippen LogP contribution in [0.4, 0.5) is 11.4 Å². The molecular formula is C26H27N3O4. The third kappa shape index (κ3) is 7.50. The average molecular weight is 446 g/mol. The second-order valence-electron chi connectivity index (χ2n) is 7.36. The van der Waals surface area contributed by atoms with Crippen LogP contribution in [0.25, 0.3) is 0 Å². The van der Waals surface area contributed by atoms with E-state index in [1.807, 2.05) is 37.3 Å². The number of carbonyl (C=O) groups is 3. The summed E-state index contributed by atoms with van der Waals surface area (Å²) in [5, 5.41) is 8.67. The number of amides is 2. The monoisotopic (exact) mass is 445 g/mol. The normalized spacial score (nSPS) is 10.2. The fourth-order valence-corrected chi connectivity index (χ4v) is 3.01. The summed E-state index contributed by atoms with van der Waals surface area (Å²) >= 11 is 0. The predicted molar refractivity (Wildman–Crippen MR) is 128 cm³/mol. The highest BCUT2D eigenvalue weighted by Crippen LogP contribution is 2.13. The molecule has 0 unspecified atom stereocenters. The van der Waals surface area contributed by atoms with Crippen molar-refractivity contribution in [2.24, 2.45) is 0 Å². The first kappa shape index (κ1) is 23.5. The summed E-state index contributed by atoms with van der Waals surface area (Å²) < 4.78 is 5.09. The van der Waals surface area contributed by atoms with Crippen molar-refractivity contribution < 1.29 is 19.1 Å². The Morgan fingerprint density at radius 3 is 2.30 bits per heavy atom. The molecule has 3 N–H and O–H groups in total. The second-order valence-corrected chi connectivity index (χ2v) is 7.36. The summed E-state index contributed by atoms with van der Waals surface area (Å²) in [5.41, 5.74) is 3.18. The van der Waals surface area contributed by atoms with Crippen LogP contribution in [0, 0.1) is 0 Å². The Labute approximate surface area is 193 Å². The van der Waals surface area contributed by atoms with Crippen LogP contribution in [0.15, 0.2) is 78.9 Å². The minimum Gasteiger partial charge on any atom is -0.462 e. The maximum absolute atomic E-state index is 12.4. The Balaban J connectivity index is 1.48. The maximum Gasteiger partial charge on any atom is 0.338 e. The van der Waals surface area contributed by atoms with Crippen molar-refractivity contribution in [3.05, 3.63) is 95.6 Å². The van der Waals surface area contributed by atoms with Crippen molar-refractivity contribution in [2.75, 3.05) is 23.8 Å². The molecule has 7 nitrogen and oxygen atoms in total. The Morgan fingerprint density at radius 2 is 1.58 bits per heavy atom. The maximum atomic E-state index is 12.4. The molecule has 3 aromatic carbocycles. The highest BCUT2D eigenvalue weighted by atomic mass is 16.5. The summed E-state index contributed by atoms with van der Waals surface area (Å²) in [6.07, 6.45) is 0.758. The van der Waals surface area contributed by atoms with E-state index >= 15 is 0 Å². The lowest BCUT2D eigenvalue weighted by molar-refractivity contribution is -0.114. The van der Waals surface area contributed by atoms with Gasteiger partial charge in [0, 0.05) is 23.5 Å². The first-order valence-electron chi connectivity index (χ1n) is 10.8. The summed E-state index contributed by atoms with van der Waals surface area (Å²) in [5.74, 6) is -0.830. The van der Waals surface area contributed by atoms with Gasteiger partial charge in [0.15, 0.2) is 0 Å². The van der Waals surface area contributed by atoms with Crippen LogP contribution >= 0.6 is 0 Å². The van der Waals surface area contributed by atoms with Gasteiger partial charge in [-0.2, -0.15) is 0 Å². The molecule has 0 fully saturated rings. The predicted octanol–water partition coefficient (Wildman–Crippen LogP) is 4.23. The summed E-state index contributed by atoms with van der Waals surface area (Å²) in [6.45, 7) is 2.76. The zero-order valence-electron chi connectivity index (χ0n) is 18.5. The molecule has 0 radical (unpaired) electrons. The average Bonchev–Trinajstić information content (AvgIpc) is 2.86. The van der Waals surface area contributed by atoms with Gasteiger partial charge in [-0.05, 0) is 54.4 Å². The number of nitrogens with one attached hydrogen (secondary N) is 3. The molecule has 0 saturated carbocycles. The van der Waals surface area contributed by atoms with Crippen molar-refractivity contribution in [2.45, 2.75) is 19.9 Å². The Kier molecular flexibility index (Phi) is 8.59. The molecule has 0 spiro atoms. The number of hydrogen-bond acceptors (Lipinski definition) is 5. The minimum absolute atomic E-state index is 0.0232. The molecule has 0 bridgehead atoms. The van der Waals surface area contributed by atoms with Gasteiger partial charge in [0.2, 0.25) is 5.91 Å². The minimum atomic E-state index is -0.385. The van der Waals surface area contributed by atoms with E-state index < -0.39 is 0 Å². The quantitative estimate of drug-likeness (QED) is 0.406. The summed E-state index contributed by atoms with van der Waals surface area (Å²) in [6, 6.07) is 23.2. The lowest BCUT2D eigenvalue weighted by Crippen LogP contribution is -2.23. The lowest BCUT2D eigenvalue weighted by atomic mass is 10.1. The molecule has 33 heavy (non-hydrogen) atoms. The molecule has 0 saturated heterocycles. The number of rotatable bonds is 10. The molecule has 0 aliphatic heterocycles. The van der Waals surface area contributed by atoms with Gasteiger partial charge in [-0.1, -0.05) is 43.3 Å². The highest BCUT2D eigenvalue weighted by molar-refractivity contribution is 5.96. The Bertz CT molecular complexity index is 1080. The number of benzene rings is 3. The molecule has 0 heterocycles. The first-order chi connectivity index (χ1) is 16.0. The molecule has 0 aliphatic rings. The van der Waals surface area contributed by atoms with Gasteiger partial charge in [-0.3, -0.25) is 9.59 Å². The zero-order chi connectivity index (χ0) is 23.5. The number of hydrogen-bond donors (Lipinski definition) is 3. The van der Waals surface area contributed by atoms with Crippen molar-refractivity contribution in [3.8, 4) is 0 Å². The third-order valence-electron chi connectivity index (χ3n) is 4.72. The molecule has 2 amide bonds. The Hall–Kier alpha value is -4.13. The molecule has 0 aromatic heterocycles. The first-order valence-corrected chi connectivity index (χ1v) is 10.8. The van der Waals surface area contributed by atoms with Crippen LogP contribution < -0.4 is 16.0 Å². The van der Waals surface area contributed by atoms with Crippen LogP contribution in [-0.4, -0.2) is 30.9 Å². The number of esters is 1. The van der Waals surface area contributed by atoms with Crippen LogP contribution in [-0.2, 0) is 16.1 Å². The van der Waals surface area contributed by atoms with Gasteiger partial charge < -0.3 is 20.7 Å². The number of ether oxygens (including phenoxy) is 1. The molecular weight excluding hydrogens is 418 g/mol. The molecule has 3 rings (SSSR count). The summed E-state index contributed by atoms with van der Waals surface area (Å²) in [7, 11) is 0. The number of anilines is 2. The van der Waals surface area contributed by atoms with E-state index in [4.69, 9.17) is 4.74 Å². The fraction of sp³-hybridized carbons (Fsp3) is 0.192. The topological polar surface area (TPSA) is 96.5 Å². The van der Waals surface area contributed by atoms with E-state index in [0.29, 0.717) is 35.7 Å². The van der Waals surface area contributed by atoms with Crippen molar-refractivity contribution >= 4 is 29.2 Å². The number of carbonyl (C=O) groups excluding carboxylic acids is 3. The van der Waals surface area contributed by atoms with Gasteiger partial charge in [-0.25, -0.2) is 4.79 Å². The van der Waals surface area contributed by atoms with Gasteiger partial charge >= 0.3 is 5.97 Å². The van der Waals surface area contributed by atoms with E-state index in [9.17, 15) is 14.4 Å². The lowest BCUT2D eigenvalue weighted by Gasteiger charge is -2.10. The van der Waals surface area contributed by atoms with Gasteiger partial charge in [-0.15, -0.1) is 0 Å². The molecule has 3 aromatic rings. The smallest absolute Gasteiger partial charge is 0.338 e. The molecule has 170 valence electrons. The molecule has 7 heteroatoms. The van der Waals surface area contributed by atoms with Crippen molar-refractivity contribution in [1.29, 1.82) is 0 Å². The van der Waals surface area contributed by atoms with Crippen LogP contribution in [0.3, 0.4) is 0 Å². The van der Waals surface area contributed by atoms with Crippen LogP contribution in [0.2, 0.25) is 0 Å². The van der Waals surface area contributed by atoms with E-state index in [2.05, 4.69) is 16.0 Å². The third-order valence-corrected chi connectivity index (χ3v) is 4.72. The fourth-order valence-electron chi connectivity index (χ4n) is 3.01. The van der Waals surface area contributed by atoms with Gasteiger partial charge in [0.25, 0.3) is 5.91 Å². The van der Waals surface area contributed by atoms with Crippen molar-refractivity contribution in [3.63, 3.8) is 0 Å². The Morgan fingerprint density at radius 1 is 0.818 bits per heavy atom. The summed E-state index contributed by atoms with van der Waals surface area (Å²) in [4.78, 5) is 36.5. The van der Waals surface area contributed by atoms with E-state index in [1.54, 1.807) is 48.5 Å². The second kappa shape index (κ2) is 12.0. The molecule has 0 atom stereocenters. The largest absolute Gasteiger partial charge is 0.462 e. The SMILES string of the molecule is CCCOC(=O)c1ccc(NC(=O)CNc2cccc(C(=O)NCc3ccccc3)c2)cc1. The highest BCUT2D eigenvalue weighted by Gasteiger charge is 2.09. The van der Waals surface area contributed by atoms with Crippen LogP contribution in [0.5, 0.6) is 0 Å². The van der Waals surface area contributed by atoms with E-state index in [-0.39, 0.29) is 24.3 Å².